The highest BCUT2D eigenvalue weighted by molar-refractivity contribution is 6.38. The van der Waals surface area contributed by atoms with E-state index in [0.717, 1.165) is 13.8 Å². The topological polar surface area (TPSA) is 268 Å². The van der Waals surface area contributed by atoms with Crippen LogP contribution in [0.2, 0.25) is 0 Å². The molecule has 1 amide bonds. The highest BCUT2D eigenvalue weighted by Crippen LogP contribution is 2.05. The summed E-state index contributed by atoms with van der Waals surface area (Å²) in [6.45, 7) is 0.560. The Kier molecular flexibility index (Phi) is 15.2. The second-order valence-electron chi connectivity index (χ2n) is 6.27. The van der Waals surface area contributed by atoms with Gasteiger partial charge < -0.3 is 56.7 Å². The minimum Gasteiger partial charge on any atom is -0.394 e. The normalized spacial score (nSPS) is 18.9. The van der Waals surface area contributed by atoms with E-state index < -0.39 is 79.4 Å². The van der Waals surface area contributed by atoms with Gasteiger partial charge in [-0.3, -0.25) is 14.4 Å². The van der Waals surface area contributed by atoms with Gasteiger partial charge in [-0.15, -0.1) is 0 Å². The van der Waals surface area contributed by atoms with Gasteiger partial charge in [0.15, 0.2) is 5.78 Å². The summed E-state index contributed by atoms with van der Waals surface area (Å²) in [6.07, 6.45) is -9.93. The minimum absolute atomic E-state index is 0.235. The van der Waals surface area contributed by atoms with Gasteiger partial charge >= 0.3 is 0 Å². The molecule has 0 saturated heterocycles. The number of aliphatic hydroxyl groups excluding tert-OH is 8. The zero-order chi connectivity index (χ0) is 24.2. The smallest absolute Gasteiger partial charge is 0.217 e. The van der Waals surface area contributed by atoms with E-state index in [1.807, 2.05) is 0 Å². The lowest BCUT2D eigenvalue weighted by Gasteiger charge is -2.25. The number of rotatable bonds is 12. The predicted octanol–water partition coefficient (Wildman–Crippen LogP) is -6.69. The Morgan fingerprint density at radius 1 is 0.833 bits per heavy atom. The summed E-state index contributed by atoms with van der Waals surface area (Å²) >= 11 is 0. The van der Waals surface area contributed by atoms with E-state index in [-0.39, 0.29) is 6.29 Å². The molecule has 0 aliphatic heterocycles. The summed E-state index contributed by atoms with van der Waals surface area (Å²) in [4.78, 5) is 42.7. The fourth-order valence-electron chi connectivity index (χ4n) is 1.92. The average molecular weight is 442 g/mol. The third kappa shape index (κ3) is 10.2. The van der Waals surface area contributed by atoms with Crippen molar-refractivity contribution in [3.63, 3.8) is 0 Å². The largest absolute Gasteiger partial charge is 0.394 e. The zero-order valence-electron chi connectivity index (χ0n) is 16.4. The van der Waals surface area contributed by atoms with Crippen LogP contribution in [0.25, 0.3) is 0 Å². The van der Waals surface area contributed by atoms with Crippen LogP contribution >= 0.6 is 0 Å². The lowest BCUT2D eigenvalue weighted by molar-refractivity contribution is -0.141. The average Bonchev–Trinajstić information content (AvgIpc) is 2.72. The molecule has 0 fully saturated rings. The van der Waals surface area contributed by atoms with Crippen LogP contribution in [0.3, 0.4) is 0 Å². The highest BCUT2D eigenvalue weighted by atomic mass is 16.4. The second-order valence-corrected chi connectivity index (χ2v) is 6.27. The van der Waals surface area contributed by atoms with Crippen LogP contribution in [-0.2, 0) is 19.2 Å². The molecule has 0 rings (SSSR count). The Balaban J connectivity index is 0. The first kappa shape index (κ1) is 30.3. The number of aliphatic hydroxyl groups is 8. The Hall–Kier alpha value is -1.88. The van der Waals surface area contributed by atoms with Gasteiger partial charge in [-0.05, 0) is 0 Å². The molecule has 30 heavy (non-hydrogen) atoms. The van der Waals surface area contributed by atoms with Crippen molar-refractivity contribution in [2.24, 2.45) is 5.73 Å². The van der Waals surface area contributed by atoms with E-state index in [1.165, 1.54) is 0 Å². The van der Waals surface area contributed by atoms with Crippen molar-refractivity contribution in [1.82, 2.24) is 5.32 Å². The number of Topliss-reactive ketones (excluding diaryl/α,β-unsaturated/α-hetero) is 2. The van der Waals surface area contributed by atoms with Crippen molar-refractivity contribution in [3.8, 4) is 0 Å². The number of hydrogen-bond donors (Lipinski definition) is 10. The van der Waals surface area contributed by atoms with Crippen LogP contribution in [0.15, 0.2) is 0 Å². The van der Waals surface area contributed by atoms with E-state index in [2.05, 4.69) is 5.32 Å². The molecule has 0 bridgehead atoms. The fraction of sp³-hybridized carbons (Fsp3) is 0.750. The van der Waals surface area contributed by atoms with Gasteiger partial charge in [0, 0.05) is 13.8 Å². The van der Waals surface area contributed by atoms with Gasteiger partial charge in [-0.1, -0.05) is 0 Å². The maximum absolute atomic E-state index is 11.0. The molecule has 0 spiro atoms. The molecule has 176 valence electrons. The Morgan fingerprint density at radius 3 is 1.53 bits per heavy atom. The molecular formula is C16H30N2O12. The van der Waals surface area contributed by atoms with Crippen molar-refractivity contribution in [1.29, 1.82) is 0 Å². The number of amides is 1. The fourth-order valence-corrected chi connectivity index (χ4v) is 1.92. The molecule has 0 aromatic carbocycles. The lowest BCUT2D eigenvalue weighted by Crippen LogP contribution is -2.54. The van der Waals surface area contributed by atoms with E-state index >= 15 is 0 Å². The van der Waals surface area contributed by atoms with E-state index in [1.54, 1.807) is 0 Å². The molecule has 0 saturated carbocycles. The number of nitrogens with two attached hydrogens (primary N) is 1. The SMILES string of the molecule is CC(=O)C(=O)[C@H](N)[C@@H](O)[C@H](O)[C@H](O)CO.CC(=O)N[C@@H](C=O)[C@@H](O)[C@@H](O)[C@H](O)CO. The molecule has 0 aliphatic rings. The predicted molar refractivity (Wildman–Crippen MR) is 97.5 cm³/mol. The monoisotopic (exact) mass is 442 g/mol. The molecule has 14 heteroatoms. The van der Waals surface area contributed by atoms with Gasteiger partial charge in [0.1, 0.15) is 55.0 Å². The van der Waals surface area contributed by atoms with Crippen LogP contribution in [0, 0.1) is 0 Å². The van der Waals surface area contributed by atoms with Crippen molar-refractivity contribution in [3.05, 3.63) is 0 Å². The second kappa shape index (κ2) is 15.0. The minimum atomic E-state index is -1.80. The first-order chi connectivity index (χ1) is 13.8. The maximum atomic E-state index is 11.0. The molecule has 0 radical (unpaired) electrons. The van der Waals surface area contributed by atoms with Gasteiger partial charge in [0.25, 0.3) is 0 Å². The molecule has 0 unspecified atom stereocenters. The van der Waals surface area contributed by atoms with Gasteiger partial charge in [0.2, 0.25) is 11.7 Å². The van der Waals surface area contributed by atoms with Crippen molar-refractivity contribution in [2.75, 3.05) is 13.2 Å². The van der Waals surface area contributed by atoms with Crippen LogP contribution in [0.4, 0.5) is 0 Å². The van der Waals surface area contributed by atoms with Gasteiger partial charge in [0.05, 0.1) is 13.2 Å². The van der Waals surface area contributed by atoms with E-state index in [0.29, 0.717) is 0 Å². The third-order valence-corrected chi connectivity index (χ3v) is 3.76. The van der Waals surface area contributed by atoms with Crippen molar-refractivity contribution < 1.29 is 60.0 Å². The summed E-state index contributed by atoms with van der Waals surface area (Å²) < 4.78 is 0. The van der Waals surface area contributed by atoms with Gasteiger partial charge in [-0.25, -0.2) is 0 Å². The highest BCUT2D eigenvalue weighted by Gasteiger charge is 2.34. The van der Waals surface area contributed by atoms with Crippen LogP contribution < -0.4 is 11.1 Å². The first-order valence-corrected chi connectivity index (χ1v) is 8.59. The molecule has 14 nitrogen and oxygen atoms in total. The zero-order valence-corrected chi connectivity index (χ0v) is 16.4. The Morgan fingerprint density at radius 2 is 1.23 bits per heavy atom. The maximum Gasteiger partial charge on any atom is 0.217 e. The number of hydrogen-bond acceptors (Lipinski definition) is 13. The molecule has 0 heterocycles. The third-order valence-electron chi connectivity index (χ3n) is 3.76. The molecule has 8 atom stereocenters. The molecule has 0 aromatic heterocycles. The summed E-state index contributed by atoms with van der Waals surface area (Å²) in [7, 11) is 0. The molecular weight excluding hydrogens is 412 g/mol. The number of ketones is 2. The molecule has 0 aromatic rings. The quantitative estimate of drug-likeness (QED) is 0.0995. The summed E-state index contributed by atoms with van der Waals surface area (Å²) in [6, 6.07) is -2.93. The summed E-state index contributed by atoms with van der Waals surface area (Å²) in [5, 5.41) is 74.0. The Bertz CT molecular complexity index is 540. The van der Waals surface area contributed by atoms with Gasteiger partial charge in [-0.2, -0.15) is 0 Å². The first-order valence-electron chi connectivity index (χ1n) is 8.59. The number of aldehydes is 1. The number of carbonyl (C=O) groups is 4. The van der Waals surface area contributed by atoms with E-state index in [9.17, 15) is 39.6 Å². The molecule has 11 N–H and O–H groups in total. The van der Waals surface area contributed by atoms with E-state index in [4.69, 9.17) is 26.2 Å². The van der Waals surface area contributed by atoms with Crippen LogP contribution in [0.5, 0.6) is 0 Å². The lowest BCUT2D eigenvalue weighted by atomic mass is 9.97. The van der Waals surface area contributed by atoms with Crippen molar-refractivity contribution >= 4 is 23.8 Å². The molecule has 0 aliphatic carbocycles. The Labute approximate surface area is 171 Å². The van der Waals surface area contributed by atoms with Crippen LogP contribution in [-0.4, -0.2) is 127 Å². The standard InChI is InChI=1S/2C8H15NO6/c1-4(12)9-5(2-10)7(14)8(15)6(13)3-11;1-3(11)6(13)5(9)8(15)7(14)4(12)2-10/h2,5-8,11,13-15H,3H2,1H3,(H,9,12);4-5,7-8,10,12,14-15H,2,9H2,1H3/t5-,6+,7+,8-;4-,5+,7-,8-/m01/s1. The number of nitrogens with one attached hydrogen (secondary N) is 1. The van der Waals surface area contributed by atoms with Crippen molar-refractivity contribution in [2.45, 2.75) is 62.6 Å². The summed E-state index contributed by atoms with van der Waals surface area (Å²) in [5.41, 5.74) is 5.18. The number of carbonyl (C=O) groups excluding carboxylic acids is 4. The van der Waals surface area contributed by atoms with Crippen LogP contribution in [0.1, 0.15) is 13.8 Å². The summed E-state index contributed by atoms with van der Waals surface area (Å²) in [5.74, 6) is -2.46.